The van der Waals surface area contributed by atoms with Crippen molar-refractivity contribution in [2.45, 2.75) is 6.54 Å². The molecule has 0 heterocycles. The number of hydrogen-bond donors (Lipinski definition) is 1. The molecule has 0 aliphatic heterocycles. The van der Waals surface area contributed by atoms with Crippen molar-refractivity contribution in [1.82, 2.24) is 0 Å². The molecule has 5 heteroatoms. The van der Waals surface area contributed by atoms with E-state index in [9.17, 15) is 4.39 Å². The van der Waals surface area contributed by atoms with Gasteiger partial charge in [-0.2, -0.15) is 0 Å². The zero-order valence-electron chi connectivity index (χ0n) is 9.18. The van der Waals surface area contributed by atoms with E-state index in [1.165, 1.54) is 6.07 Å². The molecular formula is C13H9Cl3FN. The van der Waals surface area contributed by atoms with Crippen LogP contribution in [0.5, 0.6) is 0 Å². The lowest BCUT2D eigenvalue weighted by molar-refractivity contribution is 0.613. The molecule has 0 aliphatic carbocycles. The molecule has 0 saturated carbocycles. The minimum atomic E-state index is -0.344. The van der Waals surface area contributed by atoms with Gasteiger partial charge in [-0.3, -0.25) is 0 Å². The zero-order chi connectivity index (χ0) is 13.1. The van der Waals surface area contributed by atoms with E-state index in [2.05, 4.69) is 5.32 Å². The van der Waals surface area contributed by atoms with Gasteiger partial charge in [0.1, 0.15) is 5.82 Å². The number of halogens is 4. The lowest BCUT2D eigenvalue weighted by atomic mass is 10.2. The van der Waals surface area contributed by atoms with Crippen molar-refractivity contribution >= 4 is 40.5 Å². The predicted molar refractivity (Wildman–Crippen MR) is 75.2 cm³/mol. The van der Waals surface area contributed by atoms with Crippen LogP contribution in [0.1, 0.15) is 5.56 Å². The Labute approximate surface area is 119 Å². The molecule has 0 spiro atoms. The van der Waals surface area contributed by atoms with Crippen molar-refractivity contribution in [3.05, 3.63) is 62.8 Å². The van der Waals surface area contributed by atoms with Gasteiger partial charge in [0.2, 0.25) is 0 Å². The van der Waals surface area contributed by atoms with Crippen LogP contribution in [0.25, 0.3) is 0 Å². The van der Waals surface area contributed by atoms with Gasteiger partial charge in [-0.15, -0.1) is 0 Å². The Morgan fingerprint density at radius 2 is 1.56 bits per heavy atom. The van der Waals surface area contributed by atoms with Crippen LogP contribution >= 0.6 is 34.8 Å². The van der Waals surface area contributed by atoms with Crippen LogP contribution in [0.15, 0.2) is 36.4 Å². The quantitative estimate of drug-likeness (QED) is 0.800. The van der Waals surface area contributed by atoms with Gasteiger partial charge in [-0.05, 0) is 30.3 Å². The Bertz CT molecular complexity index is 552. The highest BCUT2D eigenvalue weighted by Gasteiger charge is 2.03. The van der Waals surface area contributed by atoms with Gasteiger partial charge in [-0.25, -0.2) is 4.39 Å². The van der Waals surface area contributed by atoms with E-state index in [1.54, 1.807) is 30.3 Å². The van der Waals surface area contributed by atoms with Gasteiger partial charge in [0.05, 0.1) is 0 Å². The van der Waals surface area contributed by atoms with Gasteiger partial charge in [-0.1, -0.05) is 40.9 Å². The van der Waals surface area contributed by atoms with Gasteiger partial charge in [0, 0.05) is 32.9 Å². The third-order valence-electron chi connectivity index (χ3n) is 2.36. The van der Waals surface area contributed by atoms with Crippen LogP contribution in [0.4, 0.5) is 10.1 Å². The largest absolute Gasteiger partial charge is 0.381 e. The summed E-state index contributed by atoms with van der Waals surface area (Å²) >= 11 is 17.4. The average molecular weight is 305 g/mol. The molecule has 1 N–H and O–H groups in total. The molecule has 0 bridgehead atoms. The monoisotopic (exact) mass is 303 g/mol. The highest BCUT2D eigenvalue weighted by Crippen LogP contribution is 2.23. The van der Waals surface area contributed by atoms with E-state index in [0.29, 0.717) is 27.2 Å². The normalized spacial score (nSPS) is 10.4. The lowest BCUT2D eigenvalue weighted by Crippen LogP contribution is -2.01. The maximum Gasteiger partial charge on any atom is 0.129 e. The van der Waals surface area contributed by atoms with Crippen LogP contribution in [-0.2, 0) is 6.54 Å². The summed E-state index contributed by atoms with van der Waals surface area (Å²) in [6.07, 6.45) is 0. The van der Waals surface area contributed by atoms with E-state index >= 15 is 0 Å². The van der Waals surface area contributed by atoms with Crippen LogP contribution in [0.2, 0.25) is 15.1 Å². The molecule has 2 rings (SSSR count). The summed E-state index contributed by atoms with van der Waals surface area (Å²) in [6, 6.07) is 9.65. The van der Waals surface area contributed by atoms with Gasteiger partial charge in [0.15, 0.2) is 0 Å². The first-order valence-corrected chi connectivity index (χ1v) is 6.32. The Balaban J connectivity index is 2.11. The zero-order valence-corrected chi connectivity index (χ0v) is 11.5. The van der Waals surface area contributed by atoms with Crippen molar-refractivity contribution in [2.75, 3.05) is 5.32 Å². The second-order valence-corrected chi connectivity index (χ2v) is 5.06. The Kier molecular flexibility index (Phi) is 4.33. The maximum atomic E-state index is 13.5. The molecule has 0 fully saturated rings. The van der Waals surface area contributed by atoms with Gasteiger partial charge < -0.3 is 5.32 Å². The van der Waals surface area contributed by atoms with E-state index in [-0.39, 0.29) is 5.82 Å². The van der Waals surface area contributed by atoms with Crippen molar-refractivity contribution in [1.29, 1.82) is 0 Å². The van der Waals surface area contributed by atoms with Gasteiger partial charge in [0.25, 0.3) is 0 Å². The fourth-order valence-electron chi connectivity index (χ4n) is 1.52. The van der Waals surface area contributed by atoms with Gasteiger partial charge >= 0.3 is 0 Å². The van der Waals surface area contributed by atoms with Crippen LogP contribution in [0, 0.1) is 5.82 Å². The molecule has 0 radical (unpaired) electrons. The third-order valence-corrected chi connectivity index (χ3v) is 3.03. The molecule has 0 aliphatic rings. The smallest absolute Gasteiger partial charge is 0.129 e. The number of nitrogens with one attached hydrogen (secondary N) is 1. The molecule has 0 amide bonds. The third kappa shape index (κ3) is 3.52. The Morgan fingerprint density at radius 1 is 0.889 bits per heavy atom. The fraction of sp³-hybridized carbons (Fsp3) is 0.0769. The molecule has 0 atom stereocenters. The Morgan fingerprint density at radius 3 is 2.17 bits per heavy atom. The number of benzene rings is 2. The maximum absolute atomic E-state index is 13.5. The summed E-state index contributed by atoms with van der Waals surface area (Å²) in [5, 5.41) is 4.49. The van der Waals surface area contributed by atoms with E-state index in [0.717, 1.165) is 5.69 Å². The second kappa shape index (κ2) is 5.79. The molecule has 2 aromatic rings. The van der Waals surface area contributed by atoms with E-state index in [1.807, 2.05) is 0 Å². The summed E-state index contributed by atoms with van der Waals surface area (Å²) < 4.78 is 13.5. The molecule has 2 aromatic carbocycles. The first-order valence-electron chi connectivity index (χ1n) is 5.18. The highest BCUT2D eigenvalue weighted by molar-refractivity contribution is 6.35. The topological polar surface area (TPSA) is 12.0 Å². The summed E-state index contributed by atoms with van der Waals surface area (Å²) in [5.41, 5.74) is 1.26. The van der Waals surface area contributed by atoms with Crippen molar-refractivity contribution in [2.24, 2.45) is 0 Å². The SMILES string of the molecule is Fc1cc(Cl)ccc1CNc1cc(Cl)cc(Cl)c1. The molecule has 18 heavy (non-hydrogen) atoms. The minimum Gasteiger partial charge on any atom is -0.381 e. The van der Waals surface area contributed by atoms with Crippen molar-refractivity contribution in [3.8, 4) is 0 Å². The number of anilines is 1. The van der Waals surface area contributed by atoms with Crippen LogP contribution < -0.4 is 5.32 Å². The standard InChI is InChI=1S/C13H9Cl3FN/c14-9-2-1-8(13(17)6-9)7-18-12-4-10(15)3-11(16)5-12/h1-6,18H,7H2. The predicted octanol–water partition coefficient (Wildman–Crippen LogP) is 5.40. The first kappa shape index (κ1) is 13.5. The van der Waals surface area contributed by atoms with Crippen molar-refractivity contribution in [3.63, 3.8) is 0 Å². The fourth-order valence-corrected chi connectivity index (χ4v) is 2.20. The molecular weight excluding hydrogens is 296 g/mol. The Hall–Kier alpha value is -0.960. The first-order chi connectivity index (χ1) is 8.54. The molecule has 0 aromatic heterocycles. The summed E-state index contributed by atoms with van der Waals surface area (Å²) in [5.74, 6) is -0.344. The van der Waals surface area contributed by atoms with E-state index < -0.39 is 0 Å². The summed E-state index contributed by atoms with van der Waals surface area (Å²) in [6.45, 7) is 0.333. The van der Waals surface area contributed by atoms with E-state index in [4.69, 9.17) is 34.8 Å². The number of rotatable bonds is 3. The average Bonchev–Trinajstić information content (AvgIpc) is 2.26. The van der Waals surface area contributed by atoms with Crippen LogP contribution in [0.3, 0.4) is 0 Å². The molecule has 0 unspecified atom stereocenters. The second-order valence-electron chi connectivity index (χ2n) is 3.75. The molecule has 94 valence electrons. The minimum absolute atomic E-state index is 0.333. The highest BCUT2D eigenvalue weighted by atomic mass is 35.5. The lowest BCUT2D eigenvalue weighted by Gasteiger charge is -2.08. The summed E-state index contributed by atoms with van der Waals surface area (Å²) in [4.78, 5) is 0. The van der Waals surface area contributed by atoms with Crippen molar-refractivity contribution < 1.29 is 4.39 Å². The van der Waals surface area contributed by atoms with Crippen LogP contribution in [-0.4, -0.2) is 0 Å². The molecule has 1 nitrogen and oxygen atoms in total. The number of hydrogen-bond acceptors (Lipinski definition) is 1. The summed E-state index contributed by atoms with van der Waals surface area (Å²) in [7, 11) is 0. The molecule has 0 saturated heterocycles.